The monoisotopic (exact) mass is 446 g/mol. The Morgan fingerprint density at radius 1 is 0.625 bits per heavy atom. The van der Waals surface area contributed by atoms with Gasteiger partial charge >= 0.3 is 11.9 Å². The highest BCUT2D eigenvalue weighted by atomic mass is 16.4. The molecule has 4 N–H and O–H groups in total. The first kappa shape index (κ1) is 26.3. The predicted octanol–water partition coefficient (Wildman–Crippen LogP) is -3.47. The van der Waals surface area contributed by atoms with Crippen molar-refractivity contribution in [2.24, 2.45) is 0 Å². The van der Waals surface area contributed by atoms with E-state index in [1.54, 1.807) is 9.80 Å². The Labute approximate surface area is 184 Å². The molecular formula is C22H26N2O8. The second kappa shape index (κ2) is 12.8. The van der Waals surface area contributed by atoms with Crippen molar-refractivity contribution < 1.29 is 49.4 Å². The highest BCUT2D eigenvalue weighted by molar-refractivity contribution is 6.01. The lowest BCUT2D eigenvalue weighted by Crippen LogP contribution is -3.25. The normalized spacial score (nSPS) is 16.9. The van der Waals surface area contributed by atoms with Gasteiger partial charge in [-0.15, -0.1) is 0 Å². The van der Waals surface area contributed by atoms with Crippen molar-refractivity contribution in [2.45, 2.75) is 0 Å². The number of rotatable bonds is 4. The fraction of sp³-hybridized carbons (Fsp3) is 0.273. The van der Waals surface area contributed by atoms with Crippen molar-refractivity contribution in [1.82, 2.24) is 0 Å². The topological polar surface area (TPSA) is 164 Å². The predicted molar refractivity (Wildman–Crippen MR) is 109 cm³/mol. The minimum absolute atomic E-state index is 0.252. The van der Waals surface area contributed by atoms with E-state index >= 15 is 0 Å². The Hall–Kier alpha value is -3.76. The third kappa shape index (κ3) is 8.54. The number of hydrogen-bond donors (Lipinski definition) is 4. The zero-order valence-corrected chi connectivity index (χ0v) is 17.8. The van der Waals surface area contributed by atoms with Gasteiger partial charge in [-0.25, -0.2) is 9.59 Å². The van der Waals surface area contributed by atoms with Crippen molar-refractivity contribution >= 4 is 23.9 Å². The molecule has 0 spiro atoms. The zero-order chi connectivity index (χ0) is 24.3. The summed E-state index contributed by atoms with van der Waals surface area (Å²) in [7, 11) is 4.54. The zero-order valence-electron chi connectivity index (χ0n) is 17.8. The van der Waals surface area contributed by atoms with Gasteiger partial charge < -0.3 is 39.8 Å². The van der Waals surface area contributed by atoms with Crippen LogP contribution in [0.25, 0.3) is 0 Å². The summed E-state index contributed by atoms with van der Waals surface area (Å²) >= 11 is 0. The smallest absolute Gasteiger partial charge is 0.336 e. The van der Waals surface area contributed by atoms with Crippen LogP contribution in [0.1, 0.15) is 41.4 Å². The minimum Gasteiger partial charge on any atom is -0.545 e. The molecule has 1 aliphatic heterocycles. The summed E-state index contributed by atoms with van der Waals surface area (Å²) in [6.07, 6.45) is 0. The van der Waals surface area contributed by atoms with E-state index in [1.807, 2.05) is 0 Å². The molecule has 3 rings (SSSR count). The molecule has 0 radical (unpaired) electrons. The van der Waals surface area contributed by atoms with E-state index in [0.717, 1.165) is 0 Å². The van der Waals surface area contributed by atoms with Crippen molar-refractivity contribution in [3.05, 3.63) is 70.8 Å². The Bertz CT molecular complexity index is 809. The molecule has 1 heterocycles. The number of carboxylic acid groups (broad SMARTS) is 4. The number of carbonyl (C=O) groups is 4. The van der Waals surface area contributed by atoms with Crippen LogP contribution in [-0.2, 0) is 0 Å². The van der Waals surface area contributed by atoms with Gasteiger partial charge in [0.1, 0.15) is 26.2 Å². The molecule has 0 aromatic heterocycles. The maximum absolute atomic E-state index is 10.4. The SMILES string of the molecule is C[NH+]1CC[NH+](C)CC1.O=C([O-])c1ccccc1C(=O)O.O=C([O-])c1ccccc1C(=O)O. The number of carbonyl (C=O) groups excluding carboxylic acids is 2. The molecule has 1 saturated heterocycles. The van der Waals surface area contributed by atoms with E-state index in [2.05, 4.69) is 14.1 Å². The van der Waals surface area contributed by atoms with E-state index in [0.29, 0.717) is 0 Å². The Morgan fingerprint density at radius 2 is 0.875 bits per heavy atom. The summed E-state index contributed by atoms with van der Waals surface area (Å²) in [6, 6.07) is 10.6. The van der Waals surface area contributed by atoms with Crippen LogP contribution in [0.2, 0.25) is 0 Å². The van der Waals surface area contributed by atoms with Crippen LogP contribution in [0.15, 0.2) is 48.5 Å². The van der Waals surface area contributed by atoms with Crippen molar-refractivity contribution in [3.8, 4) is 0 Å². The lowest BCUT2D eigenvalue weighted by atomic mass is 10.1. The van der Waals surface area contributed by atoms with Gasteiger partial charge in [0.15, 0.2) is 0 Å². The van der Waals surface area contributed by atoms with Crippen LogP contribution in [0.3, 0.4) is 0 Å². The summed E-state index contributed by atoms with van der Waals surface area (Å²) in [5.74, 6) is -5.49. The van der Waals surface area contributed by atoms with Crippen molar-refractivity contribution in [1.29, 1.82) is 0 Å². The molecule has 0 atom stereocenters. The summed E-state index contributed by atoms with van der Waals surface area (Å²) in [5.41, 5.74) is -1.11. The van der Waals surface area contributed by atoms with Crippen molar-refractivity contribution in [3.63, 3.8) is 0 Å². The fourth-order valence-electron chi connectivity index (χ4n) is 2.80. The lowest BCUT2D eigenvalue weighted by molar-refractivity contribution is -0.994. The molecule has 32 heavy (non-hydrogen) atoms. The van der Waals surface area contributed by atoms with Crippen LogP contribution in [0, 0.1) is 0 Å². The largest absolute Gasteiger partial charge is 0.545 e. The third-order valence-electron chi connectivity index (χ3n) is 4.71. The summed E-state index contributed by atoms with van der Waals surface area (Å²) in [4.78, 5) is 45.0. The molecule has 0 unspecified atom stereocenters. The van der Waals surface area contributed by atoms with Gasteiger partial charge in [-0.2, -0.15) is 0 Å². The molecule has 2 aromatic carbocycles. The second-order valence-electron chi connectivity index (χ2n) is 7.19. The molecule has 0 aliphatic carbocycles. The molecule has 172 valence electrons. The van der Waals surface area contributed by atoms with Gasteiger partial charge in [0.05, 0.1) is 37.2 Å². The van der Waals surface area contributed by atoms with E-state index < -0.39 is 23.9 Å². The standard InChI is InChI=1S/2C8H6O4.C6H14N2/c2*9-7(10)5-3-1-2-4-6(5)8(11)12;1-7-3-5-8(2)6-4-7/h2*1-4H,(H,9,10)(H,11,12);3-6H2,1-2H3. The first-order valence-corrected chi connectivity index (χ1v) is 9.74. The van der Waals surface area contributed by atoms with E-state index in [1.165, 1.54) is 74.7 Å². The number of carboxylic acids is 4. The third-order valence-corrected chi connectivity index (χ3v) is 4.71. The molecule has 1 aliphatic rings. The molecule has 0 bridgehead atoms. The Morgan fingerprint density at radius 3 is 1.06 bits per heavy atom. The van der Waals surface area contributed by atoms with Crippen molar-refractivity contribution in [2.75, 3.05) is 40.3 Å². The average molecular weight is 446 g/mol. The van der Waals surface area contributed by atoms with E-state index in [9.17, 15) is 29.4 Å². The van der Waals surface area contributed by atoms with Gasteiger partial charge in [0.2, 0.25) is 0 Å². The van der Waals surface area contributed by atoms with Crippen LogP contribution in [0.4, 0.5) is 0 Å². The number of piperazine rings is 1. The maximum Gasteiger partial charge on any atom is 0.336 e. The molecule has 10 nitrogen and oxygen atoms in total. The first-order valence-electron chi connectivity index (χ1n) is 9.74. The van der Waals surface area contributed by atoms with Crippen LogP contribution >= 0.6 is 0 Å². The molecule has 10 heteroatoms. The number of aromatic carboxylic acids is 4. The molecule has 0 amide bonds. The number of quaternary nitrogens is 2. The maximum atomic E-state index is 10.4. The van der Waals surface area contributed by atoms with Gasteiger partial charge in [0.25, 0.3) is 0 Å². The highest BCUT2D eigenvalue weighted by Gasteiger charge is 2.14. The van der Waals surface area contributed by atoms with Gasteiger partial charge in [-0.3, -0.25) is 0 Å². The van der Waals surface area contributed by atoms with Crippen LogP contribution in [0.5, 0.6) is 0 Å². The molecular weight excluding hydrogens is 420 g/mol. The first-order chi connectivity index (χ1) is 15.0. The van der Waals surface area contributed by atoms with E-state index in [-0.39, 0.29) is 22.3 Å². The van der Waals surface area contributed by atoms with Gasteiger partial charge in [0, 0.05) is 11.1 Å². The quantitative estimate of drug-likeness (QED) is 0.376. The molecule has 1 fully saturated rings. The minimum atomic E-state index is -1.48. The number of likely N-dealkylation sites (N-methyl/N-ethyl adjacent to an activating group) is 2. The highest BCUT2D eigenvalue weighted by Crippen LogP contribution is 2.07. The number of hydrogen-bond acceptors (Lipinski definition) is 6. The summed E-state index contributed by atoms with van der Waals surface area (Å²) in [6.45, 7) is 5.41. The fourth-order valence-corrected chi connectivity index (χ4v) is 2.80. The molecule has 0 saturated carbocycles. The second-order valence-corrected chi connectivity index (χ2v) is 7.19. The lowest BCUT2D eigenvalue weighted by Gasteiger charge is -2.23. The van der Waals surface area contributed by atoms with Crippen LogP contribution in [-0.4, -0.2) is 74.4 Å². The van der Waals surface area contributed by atoms with E-state index in [4.69, 9.17) is 10.2 Å². The average Bonchev–Trinajstić information content (AvgIpc) is 2.76. The van der Waals surface area contributed by atoms with Gasteiger partial charge in [-0.1, -0.05) is 36.4 Å². The molecule has 2 aromatic rings. The Balaban J connectivity index is 0.000000245. The Kier molecular flexibility index (Phi) is 10.5. The number of benzene rings is 2. The number of nitrogens with one attached hydrogen (secondary N) is 2. The summed E-state index contributed by atoms with van der Waals surface area (Å²) in [5, 5.41) is 37.8. The van der Waals surface area contributed by atoms with Gasteiger partial charge in [-0.05, 0) is 12.1 Å². The summed E-state index contributed by atoms with van der Waals surface area (Å²) < 4.78 is 0. The van der Waals surface area contributed by atoms with Crippen LogP contribution < -0.4 is 20.0 Å².